The van der Waals surface area contributed by atoms with Gasteiger partial charge in [-0.3, -0.25) is 9.59 Å². The fourth-order valence-corrected chi connectivity index (χ4v) is 3.73. The van der Waals surface area contributed by atoms with Gasteiger partial charge in [0.1, 0.15) is 5.54 Å². The maximum Gasteiger partial charge on any atom is 0.252 e. The van der Waals surface area contributed by atoms with Crippen molar-refractivity contribution in [2.75, 3.05) is 5.75 Å². The summed E-state index contributed by atoms with van der Waals surface area (Å²) in [4.78, 5) is 29.7. The smallest absolute Gasteiger partial charge is 0.252 e. The first kappa shape index (κ1) is 20.2. The number of hydrogen-bond acceptors (Lipinski definition) is 4. The summed E-state index contributed by atoms with van der Waals surface area (Å²) in [5.41, 5.74) is 0.735. The van der Waals surface area contributed by atoms with E-state index in [1.807, 2.05) is 38.1 Å². The van der Waals surface area contributed by atoms with E-state index in [1.54, 1.807) is 6.07 Å². The molecule has 0 unspecified atom stereocenters. The molecule has 1 saturated carbocycles. The summed E-state index contributed by atoms with van der Waals surface area (Å²) in [5.74, 6) is 2.68. The van der Waals surface area contributed by atoms with Gasteiger partial charge in [0.05, 0.1) is 21.9 Å². The number of pyridine rings is 1. The summed E-state index contributed by atoms with van der Waals surface area (Å²) in [7, 11) is 0. The third-order valence-electron chi connectivity index (χ3n) is 5.06. The van der Waals surface area contributed by atoms with E-state index in [0.717, 1.165) is 23.7 Å². The van der Waals surface area contributed by atoms with Crippen molar-refractivity contribution in [1.29, 1.82) is 0 Å². The van der Waals surface area contributed by atoms with E-state index in [4.69, 9.17) is 6.42 Å². The highest BCUT2D eigenvalue weighted by molar-refractivity contribution is 7.99. The number of nitrogens with zero attached hydrogens (tertiary/aromatic N) is 1. The molecule has 2 N–H and O–H groups in total. The second-order valence-corrected chi connectivity index (χ2v) is 8.04. The van der Waals surface area contributed by atoms with E-state index in [9.17, 15) is 9.59 Å². The van der Waals surface area contributed by atoms with Gasteiger partial charge in [-0.25, -0.2) is 4.98 Å². The lowest BCUT2D eigenvalue weighted by Gasteiger charge is -2.26. The number of aromatic nitrogens is 1. The quantitative estimate of drug-likeness (QED) is 0.530. The number of amides is 2. The molecule has 1 heterocycles. The highest BCUT2D eigenvalue weighted by Crippen LogP contribution is 2.26. The molecule has 1 aromatic heterocycles. The van der Waals surface area contributed by atoms with Crippen LogP contribution in [0.2, 0.25) is 0 Å². The second-order valence-electron chi connectivity index (χ2n) is 7.04. The van der Waals surface area contributed by atoms with Crippen molar-refractivity contribution in [3.8, 4) is 12.3 Å². The molecule has 3 rings (SSSR count). The molecule has 1 aromatic carbocycles. The Balaban J connectivity index is 1.77. The molecule has 0 bridgehead atoms. The van der Waals surface area contributed by atoms with Crippen molar-refractivity contribution in [3.05, 3.63) is 35.9 Å². The van der Waals surface area contributed by atoms with E-state index in [1.165, 1.54) is 11.8 Å². The fraction of sp³-hybridized carbons (Fsp3) is 0.409. The average Bonchev–Trinajstić information content (AvgIpc) is 3.54. The highest BCUT2D eigenvalue weighted by Gasteiger charge is 2.26. The first-order valence-electron chi connectivity index (χ1n) is 9.62. The third kappa shape index (κ3) is 4.66. The van der Waals surface area contributed by atoms with Gasteiger partial charge in [-0.05, 0) is 37.8 Å². The zero-order chi connectivity index (χ0) is 20.1. The Bertz CT molecular complexity index is 927. The van der Waals surface area contributed by atoms with Gasteiger partial charge in [-0.1, -0.05) is 49.7 Å². The maximum absolute atomic E-state index is 12.7. The van der Waals surface area contributed by atoms with Gasteiger partial charge in [0.25, 0.3) is 5.91 Å². The first-order valence-corrected chi connectivity index (χ1v) is 10.6. The lowest BCUT2D eigenvalue weighted by Crippen LogP contribution is -2.47. The number of rotatable bonds is 8. The van der Waals surface area contributed by atoms with Crippen molar-refractivity contribution >= 4 is 34.5 Å². The minimum Gasteiger partial charge on any atom is -0.349 e. The van der Waals surface area contributed by atoms with Crippen molar-refractivity contribution in [3.63, 3.8) is 0 Å². The van der Waals surface area contributed by atoms with Crippen LogP contribution in [0, 0.1) is 12.3 Å². The Morgan fingerprint density at radius 2 is 2.00 bits per heavy atom. The second kappa shape index (κ2) is 8.66. The Kier molecular flexibility index (Phi) is 6.25. The van der Waals surface area contributed by atoms with Crippen LogP contribution in [0.4, 0.5) is 0 Å². The molecule has 1 fully saturated rings. The monoisotopic (exact) mass is 395 g/mol. The van der Waals surface area contributed by atoms with Crippen LogP contribution in [-0.2, 0) is 4.79 Å². The summed E-state index contributed by atoms with van der Waals surface area (Å²) in [5, 5.41) is 7.45. The summed E-state index contributed by atoms with van der Waals surface area (Å²) in [6.07, 6.45) is 9.03. The highest BCUT2D eigenvalue weighted by atomic mass is 32.2. The molecule has 0 atom stereocenters. The van der Waals surface area contributed by atoms with Gasteiger partial charge in [0.2, 0.25) is 5.91 Å². The minimum atomic E-state index is -0.607. The molecule has 0 radical (unpaired) electrons. The molecule has 2 amide bonds. The molecule has 1 aliphatic carbocycles. The topological polar surface area (TPSA) is 71.1 Å². The zero-order valence-electron chi connectivity index (χ0n) is 16.2. The number of carbonyl (C=O) groups is 2. The predicted molar refractivity (Wildman–Crippen MR) is 113 cm³/mol. The first-order chi connectivity index (χ1) is 13.5. The largest absolute Gasteiger partial charge is 0.349 e. The average molecular weight is 396 g/mol. The number of fused-ring (bicyclic) bond motifs is 1. The van der Waals surface area contributed by atoms with Crippen molar-refractivity contribution < 1.29 is 9.59 Å². The molecular formula is C22H25N3O2S. The van der Waals surface area contributed by atoms with Crippen LogP contribution in [0.1, 0.15) is 49.9 Å². The maximum atomic E-state index is 12.7. The van der Waals surface area contributed by atoms with Crippen LogP contribution in [0.3, 0.4) is 0 Å². The SMILES string of the molecule is C#CC(CC)(CC)NC(=O)CSc1cc(C(=O)NC2CC2)c2ccccc2n1. The number of thioether (sulfide) groups is 1. The van der Waals surface area contributed by atoms with Gasteiger partial charge >= 0.3 is 0 Å². The minimum absolute atomic E-state index is 0.0873. The van der Waals surface area contributed by atoms with E-state index in [0.29, 0.717) is 23.4 Å². The standard InChI is InChI=1S/C22H25N3O2S/c1-4-22(5-2,6-3)25-19(26)14-28-20-13-17(21(27)23-15-11-12-15)16-9-7-8-10-18(16)24-20/h1,7-10,13,15H,5-6,11-12,14H2,2-3H3,(H,23,27)(H,25,26). The number of benzene rings is 1. The molecule has 0 aliphatic heterocycles. The van der Waals surface area contributed by atoms with Gasteiger partial charge in [-0.2, -0.15) is 0 Å². The van der Waals surface area contributed by atoms with E-state index in [2.05, 4.69) is 21.5 Å². The van der Waals surface area contributed by atoms with Gasteiger partial charge in [0.15, 0.2) is 0 Å². The van der Waals surface area contributed by atoms with Crippen molar-refractivity contribution in [1.82, 2.24) is 15.6 Å². The number of hydrogen-bond donors (Lipinski definition) is 2. The summed E-state index contributed by atoms with van der Waals surface area (Å²) in [6, 6.07) is 9.61. The number of para-hydroxylation sites is 1. The molecule has 1 aliphatic rings. The lowest BCUT2D eigenvalue weighted by atomic mass is 9.94. The Morgan fingerprint density at radius 1 is 1.29 bits per heavy atom. The van der Waals surface area contributed by atoms with Gasteiger partial charge in [0, 0.05) is 11.4 Å². The summed E-state index contributed by atoms with van der Waals surface area (Å²) >= 11 is 1.31. The molecule has 146 valence electrons. The van der Waals surface area contributed by atoms with Crippen molar-refractivity contribution in [2.45, 2.75) is 56.1 Å². The Labute approximate surface area is 170 Å². The van der Waals surface area contributed by atoms with Crippen LogP contribution in [0.25, 0.3) is 10.9 Å². The third-order valence-corrected chi connectivity index (χ3v) is 5.97. The molecular weight excluding hydrogens is 370 g/mol. The van der Waals surface area contributed by atoms with E-state index < -0.39 is 5.54 Å². The zero-order valence-corrected chi connectivity index (χ0v) is 17.1. The normalized spacial score (nSPS) is 13.8. The molecule has 0 spiro atoms. The van der Waals surface area contributed by atoms with Crippen LogP contribution in [-0.4, -0.2) is 34.1 Å². The summed E-state index contributed by atoms with van der Waals surface area (Å²) < 4.78 is 0. The summed E-state index contributed by atoms with van der Waals surface area (Å²) in [6.45, 7) is 3.93. The van der Waals surface area contributed by atoms with Crippen LogP contribution >= 0.6 is 11.8 Å². The van der Waals surface area contributed by atoms with E-state index in [-0.39, 0.29) is 23.6 Å². The van der Waals surface area contributed by atoms with E-state index >= 15 is 0 Å². The predicted octanol–water partition coefficient (Wildman–Crippen LogP) is 3.53. The number of nitrogens with one attached hydrogen (secondary N) is 2. The molecule has 0 saturated heterocycles. The Hall–Kier alpha value is -2.52. The molecule has 6 heteroatoms. The molecule has 5 nitrogen and oxygen atoms in total. The fourth-order valence-electron chi connectivity index (χ4n) is 3.01. The number of terminal acetylenes is 1. The van der Waals surface area contributed by atoms with Crippen LogP contribution in [0.15, 0.2) is 35.4 Å². The van der Waals surface area contributed by atoms with Gasteiger partial charge in [-0.15, -0.1) is 6.42 Å². The lowest BCUT2D eigenvalue weighted by molar-refractivity contribution is -0.119. The van der Waals surface area contributed by atoms with Gasteiger partial charge < -0.3 is 10.6 Å². The van der Waals surface area contributed by atoms with Crippen LogP contribution in [0.5, 0.6) is 0 Å². The molecule has 2 aromatic rings. The van der Waals surface area contributed by atoms with Crippen molar-refractivity contribution in [2.24, 2.45) is 0 Å². The molecule has 28 heavy (non-hydrogen) atoms. The van der Waals surface area contributed by atoms with Crippen LogP contribution < -0.4 is 10.6 Å². The number of carbonyl (C=O) groups excluding carboxylic acids is 2. The Morgan fingerprint density at radius 3 is 2.64 bits per heavy atom.